The van der Waals surface area contributed by atoms with Gasteiger partial charge in [0.25, 0.3) is 5.91 Å². The number of hydrogen-bond acceptors (Lipinski definition) is 4. The number of pyridine rings is 1. The molecule has 0 saturated heterocycles. The van der Waals surface area contributed by atoms with Crippen molar-refractivity contribution in [1.82, 2.24) is 20.1 Å². The third kappa shape index (κ3) is 3.53. The fraction of sp³-hybridized carbons (Fsp3) is 0.316. The summed E-state index contributed by atoms with van der Waals surface area (Å²) in [6, 6.07) is 9.48. The van der Waals surface area contributed by atoms with Crippen molar-refractivity contribution < 1.29 is 9.90 Å². The number of fused-ring (bicyclic) bond motifs is 1. The molecule has 6 nitrogen and oxygen atoms in total. The minimum atomic E-state index is -0.725. The van der Waals surface area contributed by atoms with Gasteiger partial charge in [-0.05, 0) is 32.4 Å². The monoisotopic (exact) mass is 338 g/mol. The molecule has 2 heterocycles. The Balaban J connectivity index is 1.79. The van der Waals surface area contributed by atoms with Crippen molar-refractivity contribution >= 4 is 16.9 Å². The van der Waals surface area contributed by atoms with Crippen LogP contribution in [0.2, 0.25) is 0 Å². The molecule has 0 spiro atoms. The number of rotatable bonds is 5. The molecule has 2 aromatic heterocycles. The molecule has 0 fully saturated rings. The van der Waals surface area contributed by atoms with E-state index in [0.717, 1.165) is 22.2 Å². The highest BCUT2D eigenvalue weighted by Gasteiger charge is 2.20. The van der Waals surface area contributed by atoms with Crippen molar-refractivity contribution in [3.05, 3.63) is 58.9 Å². The fourth-order valence-corrected chi connectivity index (χ4v) is 2.78. The first-order valence-electron chi connectivity index (χ1n) is 8.34. The van der Waals surface area contributed by atoms with Crippen LogP contribution in [0.5, 0.6) is 0 Å². The number of aromatic nitrogens is 3. The molecule has 0 radical (unpaired) electrons. The summed E-state index contributed by atoms with van der Waals surface area (Å²) in [6.45, 7) is 6.53. The lowest BCUT2D eigenvalue weighted by Crippen LogP contribution is -2.34. The second-order valence-electron chi connectivity index (χ2n) is 6.21. The van der Waals surface area contributed by atoms with Crippen molar-refractivity contribution in [2.24, 2.45) is 0 Å². The van der Waals surface area contributed by atoms with E-state index in [1.807, 2.05) is 45.0 Å². The lowest BCUT2D eigenvalue weighted by atomic mass is 10.1. The van der Waals surface area contributed by atoms with Crippen LogP contribution in [-0.4, -0.2) is 44.2 Å². The maximum Gasteiger partial charge on any atom is 0.255 e. The second kappa shape index (κ2) is 7.03. The van der Waals surface area contributed by atoms with Crippen LogP contribution in [0, 0.1) is 13.8 Å². The first-order chi connectivity index (χ1) is 12.0. The van der Waals surface area contributed by atoms with E-state index in [1.54, 1.807) is 11.0 Å². The standard InChI is InChI=1S/C19H22N4O2/c1-4-23(11-17(24)14-7-5-12(2)6-8-14)19(25)15-9-16-13(3)21-22-18(16)20-10-15/h5-10,17,24H,4,11H2,1-3H3,(H,20,21,22). The van der Waals surface area contributed by atoms with Crippen molar-refractivity contribution in [2.75, 3.05) is 13.1 Å². The summed E-state index contributed by atoms with van der Waals surface area (Å²) in [5.41, 5.74) is 3.90. The highest BCUT2D eigenvalue weighted by atomic mass is 16.3. The molecule has 130 valence electrons. The lowest BCUT2D eigenvalue weighted by molar-refractivity contribution is 0.0635. The molecule has 1 aromatic carbocycles. The van der Waals surface area contributed by atoms with Crippen LogP contribution < -0.4 is 0 Å². The van der Waals surface area contributed by atoms with Crippen LogP contribution in [0.25, 0.3) is 11.0 Å². The third-order valence-corrected chi connectivity index (χ3v) is 4.37. The summed E-state index contributed by atoms with van der Waals surface area (Å²) in [4.78, 5) is 18.7. The van der Waals surface area contributed by atoms with Gasteiger partial charge in [0.05, 0.1) is 18.2 Å². The van der Waals surface area contributed by atoms with Gasteiger partial charge in [0.2, 0.25) is 0 Å². The molecule has 1 atom stereocenters. The van der Waals surface area contributed by atoms with Crippen molar-refractivity contribution in [2.45, 2.75) is 26.9 Å². The largest absolute Gasteiger partial charge is 0.387 e. The van der Waals surface area contributed by atoms with Gasteiger partial charge in [0, 0.05) is 23.8 Å². The number of carbonyl (C=O) groups excluding carboxylic acids is 1. The van der Waals surface area contributed by atoms with E-state index in [9.17, 15) is 9.90 Å². The Morgan fingerprint density at radius 3 is 2.68 bits per heavy atom. The summed E-state index contributed by atoms with van der Waals surface area (Å²) in [5.74, 6) is -0.149. The topological polar surface area (TPSA) is 82.1 Å². The van der Waals surface area contributed by atoms with Gasteiger partial charge in [-0.25, -0.2) is 4.98 Å². The van der Waals surface area contributed by atoms with Crippen molar-refractivity contribution in [3.8, 4) is 0 Å². The average molecular weight is 338 g/mol. The molecule has 0 aliphatic rings. The van der Waals surface area contributed by atoms with Crippen LogP contribution in [0.15, 0.2) is 36.5 Å². The molecular weight excluding hydrogens is 316 g/mol. The Kier molecular flexibility index (Phi) is 4.81. The number of H-pyrrole nitrogens is 1. The number of aromatic amines is 1. The molecule has 3 rings (SSSR count). The number of nitrogens with one attached hydrogen (secondary N) is 1. The number of nitrogens with zero attached hydrogens (tertiary/aromatic N) is 3. The number of carbonyl (C=O) groups is 1. The summed E-state index contributed by atoms with van der Waals surface area (Å²) in [7, 11) is 0. The number of aliphatic hydroxyl groups excluding tert-OH is 1. The number of likely N-dealkylation sites (N-methyl/N-ethyl adjacent to an activating group) is 1. The highest BCUT2D eigenvalue weighted by Crippen LogP contribution is 2.19. The summed E-state index contributed by atoms with van der Waals surface area (Å²) in [5, 5.41) is 18.2. The molecule has 0 aliphatic carbocycles. The van der Waals surface area contributed by atoms with Crippen LogP contribution in [-0.2, 0) is 0 Å². The van der Waals surface area contributed by atoms with Gasteiger partial charge in [0.15, 0.2) is 5.65 Å². The van der Waals surface area contributed by atoms with Crippen LogP contribution in [0.1, 0.15) is 40.2 Å². The summed E-state index contributed by atoms with van der Waals surface area (Å²) >= 11 is 0. The third-order valence-electron chi connectivity index (χ3n) is 4.37. The Labute approximate surface area is 146 Å². The first kappa shape index (κ1) is 17.1. The quantitative estimate of drug-likeness (QED) is 0.749. The predicted molar refractivity (Wildman–Crippen MR) is 96.3 cm³/mol. The Hall–Kier alpha value is -2.73. The zero-order chi connectivity index (χ0) is 18.0. The van der Waals surface area contributed by atoms with Crippen LogP contribution in [0.4, 0.5) is 0 Å². The zero-order valence-corrected chi connectivity index (χ0v) is 14.7. The van der Waals surface area contributed by atoms with Gasteiger partial charge in [0.1, 0.15) is 0 Å². The number of hydrogen-bond donors (Lipinski definition) is 2. The van der Waals surface area contributed by atoms with Crippen molar-refractivity contribution in [1.29, 1.82) is 0 Å². The average Bonchev–Trinajstić information content (AvgIpc) is 3.00. The molecular formula is C19H22N4O2. The minimum Gasteiger partial charge on any atom is -0.387 e. The fourth-order valence-electron chi connectivity index (χ4n) is 2.78. The van der Waals surface area contributed by atoms with E-state index in [4.69, 9.17) is 0 Å². The SMILES string of the molecule is CCN(CC(O)c1ccc(C)cc1)C(=O)c1cnc2n[nH]c(C)c2c1. The normalized spacial score (nSPS) is 12.3. The Morgan fingerprint density at radius 2 is 2.00 bits per heavy atom. The van der Waals surface area contributed by atoms with Crippen molar-refractivity contribution in [3.63, 3.8) is 0 Å². The van der Waals surface area contributed by atoms with Gasteiger partial charge < -0.3 is 10.0 Å². The second-order valence-corrected chi connectivity index (χ2v) is 6.21. The van der Waals surface area contributed by atoms with Gasteiger partial charge in [-0.1, -0.05) is 29.8 Å². The van der Waals surface area contributed by atoms with E-state index >= 15 is 0 Å². The van der Waals surface area contributed by atoms with E-state index in [2.05, 4.69) is 15.2 Å². The van der Waals surface area contributed by atoms with Gasteiger partial charge in [-0.2, -0.15) is 5.10 Å². The smallest absolute Gasteiger partial charge is 0.255 e. The van der Waals surface area contributed by atoms with Crippen LogP contribution >= 0.6 is 0 Å². The molecule has 3 aromatic rings. The maximum absolute atomic E-state index is 12.8. The van der Waals surface area contributed by atoms with Gasteiger partial charge in [-0.15, -0.1) is 0 Å². The lowest BCUT2D eigenvalue weighted by Gasteiger charge is -2.24. The van der Waals surface area contributed by atoms with E-state index in [1.165, 1.54) is 6.20 Å². The van der Waals surface area contributed by atoms with E-state index < -0.39 is 6.10 Å². The maximum atomic E-state index is 12.8. The number of amides is 1. The molecule has 25 heavy (non-hydrogen) atoms. The molecule has 0 saturated carbocycles. The molecule has 1 amide bonds. The molecule has 0 aliphatic heterocycles. The summed E-state index contributed by atoms with van der Waals surface area (Å²) in [6.07, 6.45) is 0.808. The van der Waals surface area contributed by atoms with E-state index in [0.29, 0.717) is 17.8 Å². The van der Waals surface area contributed by atoms with Gasteiger partial charge in [-0.3, -0.25) is 9.89 Å². The number of aryl methyl sites for hydroxylation is 2. The Bertz CT molecular complexity index is 886. The number of benzene rings is 1. The molecule has 6 heteroatoms. The first-order valence-corrected chi connectivity index (χ1v) is 8.34. The van der Waals surface area contributed by atoms with E-state index in [-0.39, 0.29) is 12.5 Å². The molecule has 2 N–H and O–H groups in total. The van der Waals surface area contributed by atoms with Crippen LogP contribution in [0.3, 0.4) is 0 Å². The van der Waals surface area contributed by atoms with Gasteiger partial charge >= 0.3 is 0 Å². The predicted octanol–water partition coefficient (Wildman–Crippen LogP) is 2.77. The molecule has 1 unspecified atom stereocenters. The zero-order valence-electron chi connectivity index (χ0n) is 14.7. The minimum absolute atomic E-state index is 0.149. The summed E-state index contributed by atoms with van der Waals surface area (Å²) < 4.78 is 0. The Morgan fingerprint density at radius 1 is 1.28 bits per heavy atom. The molecule has 0 bridgehead atoms. The highest BCUT2D eigenvalue weighted by molar-refractivity contribution is 5.97. The number of aliphatic hydroxyl groups is 1.